The average Bonchev–Trinajstić information content (AvgIpc) is 3.61. The van der Waals surface area contributed by atoms with Gasteiger partial charge >= 0.3 is 0 Å². The zero-order valence-electron chi connectivity index (χ0n) is 22.3. The maximum atomic E-state index is 12.5. The van der Waals surface area contributed by atoms with Gasteiger partial charge in [0.1, 0.15) is 15.8 Å². The molecule has 0 aliphatic heterocycles. The Bertz CT molecular complexity index is 1440. The van der Waals surface area contributed by atoms with Gasteiger partial charge in [0.05, 0.1) is 25.6 Å². The van der Waals surface area contributed by atoms with Gasteiger partial charge in [-0.25, -0.2) is 0 Å². The molecule has 5 rings (SSSR count). The SMILES string of the molecule is CCOc1ccc(CC(=O)Nc2nnc(C3CCCC(c4nnc(NC(=O)Cc5ccc(C)cn5)s4)C3)s2)nc1. The molecular weight excluding hydrogens is 548 g/mol. The van der Waals surface area contributed by atoms with E-state index in [2.05, 4.69) is 41.0 Å². The second-order valence-corrected chi connectivity index (χ2v) is 11.7. The monoisotopic (exact) mass is 578 g/mol. The fraction of sp³-hybridized carbons (Fsp3) is 0.407. The van der Waals surface area contributed by atoms with Crippen LogP contribution in [0.5, 0.6) is 5.75 Å². The van der Waals surface area contributed by atoms with Gasteiger partial charge in [-0.05, 0) is 56.9 Å². The Morgan fingerprint density at radius 2 is 1.43 bits per heavy atom. The van der Waals surface area contributed by atoms with Crippen molar-refractivity contribution in [1.29, 1.82) is 0 Å². The predicted molar refractivity (Wildman–Crippen MR) is 153 cm³/mol. The minimum Gasteiger partial charge on any atom is -0.492 e. The molecule has 0 bridgehead atoms. The van der Waals surface area contributed by atoms with Gasteiger partial charge in [0.25, 0.3) is 0 Å². The number of rotatable bonds is 10. The highest BCUT2D eigenvalue weighted by molar-refractivity contribution is 7.15. The van der Waals surface area contributed by atoms with Gasteiger partial charge in [-0.1, -0.05) is 35.2 Å². The molecule has 1 aliphatic carbocycles. The number of anilines is 2. The quantitative estimate of drug-likeness (QED) is 0.274. The molecule has 0 saturated heterocycles. The molecular formula is C27H30N8O3S2. The summed E-state index contributed by atoms with van der Waals surface area (Å²) in [5.41, 5.74) is 2.42. The van der Waals surface area contributed by atoms with E-state index in [1.54, 1.807) is 24.5 Å². The van der Waals surface area contributed by atoms with Crippen LogP contribution < -0.4 is 15.4 Å². The Morgan fingerprint density at radius 3 is 1.93 bits per heavy atom. The van der Waals surface area contributed by atoms with Crippen molar-refractivity contribution < 1.29 is 14.3 Å². The van der Waals surface area contributed by atoms with Gasteiger partial charge in [-0.2, -0.15) is 0 Å². The Hall–Kier alpha value is -3.84. The van der Waals surface area contributed by atoms with Crippen LogP contribution in [0.4, 0.5) is 10.3 Å². The standard InChI is InChI=1S/C27H30N8O3S2/c1-3-38-21-10-9-20(29-15-21)13-23(37)31-27-35-33-25(40-27)18-6-4-5-17(11-18)24-32-34-26(39-24)30-22(36)12-19-8-7-16(2)14-28-19/h7-10,14-15,17-18H,3-6,11-13H2,1-2H3,(H,30,34,36)(H,31,35,37). The first-order valence-corrected chi connectivity index (χ1v) is 14.8. The molecule has 1 fully saturated rings. The number of hydrogen-bond donors (Lipinski definition) is 2. The van der Waals surface area contributed by atoms with Crippen LogP contribution in [0.3, 0.4) is 0 Å². The number of amides is 2. The van der Waals surface area contributed by atoms with Gasteiger partial charge in [0, 0.05) is 29.4 Å². The van der Waals surface area contributed by atoms with Crippen molar-refractivity contribution in [2.24, 2.45) is 0 Å². The van der Waals surface area contributed by atoms with Gasteiger partial charge < -0.3 is 15.4 Å². The molecule has 2 unspecified atom stereocenters. The Kier molecular flexibility index (Phi) is 9.01. The molecule has 11 nitrogen and oxygen atoms in total. The summed E-state index contributed by atoms with van der Waals surface area (Å²) in [6.07, 6.45) is 7.60. The summed E-state index contributed by atoms with van der Waals surface area (Å²) in [5, 5.41) is 25.6. The Morgan fingerprint density at radius 1 is 0.850 bits per heavy atom. The molecule has 0 aromatic carbocycles. The van der Waals surface area contributed by atoms with Crippen LogP contribution in [0, 0.1) is 6.92 Å². The van der Waals surface area contributed by atoms with Crippen LogP contribution >= 0.6 is 22.7 Å². The third kappa shape index (κ3) is 7.42. The zero-order chi connectivity index (χ0) is 27.9. The second-order valence-electron chi connectivity index (χ2n) is 9.65. The normalized spacial score (nSPS) is 16.9. The third-order valence-corrected chi connectivity index (χ3v) is 8.51. The van der Waals surface area contributed by atoms with Gasteiger partial charge in [0.15, 0.2) is 0 Å². The van der Waals surface area contributed by atoms with E-state index in [0.29, 0.717) is 34.0 Å². The molecule has 0 spiro atoms. The van der Waals surface area contributed by atoms with Crippen molar-refractivity contribution in [3.05, 3.63) is 63.6 Å². The number of pyridine rings is 2. The van der Waals surface area contributed by atoms with E-state index in [1.165, 1.54) is 22.7 Å². The summed E-state index contributed by atoms with van der Waals surface area (Å²) in [5.74, 6) is 0.777. The summed E-state index contributed by atoms with van der Waals surface area (Å²) in [7, 11) is 0. The molecule has 2 amide bonds. The van der Waals surface area contributed by atoms with E-state index in [1.807, 2.05) is 26.0 Å². The number of hydrogen-bond acceptors (Lipinski definition) is 11. The van der Waals surface area contributed by atoms with Crippen LogP contribution in [0.2, 0.25) is 0 Å². The Labute approximate surface area is 239 Å². The van der Waals surface area contributed by atoms with Gasteiger partial charge in [0.2, 0.25) is 22.1 Å². The highest BCUT2D eigenvalue weighted by Gasteiger charge is 2.29. The zero-order valence-corrected chi connectivity index (χ0v) is 23.9. The lowest BCUT2D eigenvalue weighted by Crippen LogP contribution is -2.15. The van der Waals surface area contributed by atoms with Crippen molar-refractivity contribution >= 4 is 44.8 Å². The Balaban J connectivity index is 1.13. The first kappa shape index (κ1) is 27.7. The van der Waals surface area contributed by atoms with Gasteiger partial charge in [-0.3, -0.25) is 19.6 Å². The smallest absolute Gasteiger partial charge is 0.232 e. The van der Waals surface area contributed by atoms with E-state index in [9.17, 15) is 9.59 Å². The van der Waals surface area contributed by atoms with Crippen LogP contribution in [-0.2, 0) is 22.4 Å². The first-order valence-electron chi connectivity index (χ1n) is 13.2. The van der Waals surface area contributed by atoms with E-state index in [0.717, 1.165) is 41.3 Å². The molecule has 40 heavy (non-hydrogen) atoms. The molecule has 4 aromatic rings. The number of ether oxygens (including phenoxy) is 1. The molecule has 4 heterocycles. The van der Waals surface area contributed by atoms with Crippen molar-refractivity contribution in [1.82, 2.24) is 30.4 Å². The van der Waals surface area contributed by atoms with Crippen molar-refractivity contribution in [2.45, 2.75) is 64.2 Å². The van der Waals surface area contributed by atoms with Crippen LogP contribution in [-0.4, -0.2) is 48.8 Å². The number of nitrogens with zero attached hydrogens (tertiary/aromatic N) is 6. The van der Waals surface area contributed by atoms with Crippen molar-refractivity contribution in [3.8, 4) is 5.75 Å². The molecule has 13 heteroatoms. The first-order chi connectivity index (χ1) is 19.4. The van der Waals surface area contributed by atoms with Crippen LogP contribution in [0.1, 0.15) is 71.4 Å². The topological polar surface area (TPSA) is 145 Å². The van der Waals surface area contributed by atoms with Crippen LogP contribution in [0.25, 0.3) is 0 Å². The number of nitrogens with one attached hydrogen (secondary N) is 2. The highest BCUT2D eigenvalue weighted by atomic mass is 32.1. The minimum atomic E-state index is -0.192. The number of carbonyl (C=O) groups excluding carboxylic acids is 2. The molecule has 4 aromatic heterocycles. The maximum Gasteiger partial charge on any atom is 0.232 e. The van der Waals surface area contributed by atoms with Gasteiger partial charge in [-0.15, -0.1) is 20.4 Å². The second kappa shape index (κ2) is 13.0. The lowest BCUT2D eigenvalue weighted by molar-refractivity contribution is -0.116. The fourth-order valence-electron chi connectivity index (χ4n) is 4.56. The number of aromatic nitrogens is 6. The molecule has 1 saturated carbocycles. The third-order valence-electron chi connectivity index (χ3n) is 6.51. The van der Waals surface area contributed by atoms with E-state index >= 15 is 0 Å². The summed E-state index contributed by atoms with van der Waals surface area (Å²) in [6, 6.07) is 7.38. The highest BCUT2D eigenvalue weighted by Crippen LogP contribution is 2.43. The minimum absolute atomic E-state index is 0.143. The summed E-state index contributed by atoms with van der Waals surface area (Å²) < 4.78 is 5.39. The maximum absolute atomic E-state index is 12.5. The summed E-state index contributed by atoms with van der Waals surface area (Å²) in [6.45, 7) is 4.43. The van der Waals surface area contributed by atoms with Crippen LogP contribution in [0.15, 0.2) is 36.7 Å². The molecule has 0 radical (unpaired) electrons. The molecule has 2 atom stereocenters. The fourth-order valence-corrected chi connectivity index (χ4v) is 6.38. The van der Waals surface area contributed by atoms with Crippen molar-refractivity contribution in [2.75, 3.05) is 17.2 Å². The van der Waals surface area contributed by atoms with E-state index in [-0.39, 0.29) is 36.5 Å². The predicted octanol–water partition coefficient (Wildman–Crippen LogP) is 4.69. The lowest BCUT2D eigenvalue weighted by Gasteiger charge is -2.25. The lowest BCUT2D eigenvalue weighted by atomic mass is 9.82. The average molecular weight is 579 g/mol. The van der Waals surface area contributed by atoms with E-state index < -0.39 is 0 Å². The molecule has 208 valence electrons. The molecule has 2 N–H and O–H groups in total. The van der Waals surface area contributed by atoms with Crippen molar-refractivity contribution in [3.63, 3.8) is 0 Å². The number of carbonyl (C=O) groups is 2. The summed E-state index contributed by atoms with van der Waals surface area (Å²) in [4.78, 5) is 33.5. The molecule has 1 aliphatic rings. The number of aryl methyl sites for hydroxylation is 1. The van der Waals surface area contributed by atoms with E-state index in [4.69, 9.17) is 4.74 Å². The summed E-state index contributed by atoms with van der Waals surface area (Å²) >= 11 is 2.83. The largest absolute Gasteiger partial charge is 0.492 e.